The first-order chi connectivity index (χ1) is 11.0. The van der Waals surface area contributed by atoms with Crippen molar-refractivity contribution in [2.75, 3.05) is 11.9 Å². The first-order valence-corrected chi connectivity index (χ1v) is 9.62. The van der Waals surface area contributed by atoms with Crippen LogP contribution in [0.25, 0.3) is 0 Å². The van der Waals surface area contributed by atoms with Crippen molar-refractivity contribution in [3.8, 4) is 0 Å². The van der Waals surface area contributed by atoms with E-state index in [1.807, 2.05) is 25.1 Å². The summed E-state index contributed by atoms with van der Waals surface area (Å²) in [6.07, 6.45) is 8.33. The molecule has 4 heteroatoms. The number of carbonyl (C=O) groups is 1. The van der Waals surface area contributed by atoms with Gasteiger partial charge in [-0.15, -0.1) is 0 Å². The van der Waals surface area contributed by atoms with Gasteiger partial charge in [-0.3, -0.25) is 0 Å². The first-order valence-electron chi connectivity index (χ1n) is 8.82. The molecule has 4 saturated carbocycles. The number of aryl methyl sites for hydroxylation is 1. The smallest absolute Gasteiger partial charge is 0.319 e. The van der Waals surface area contributed by atoms with Crippen LogP contribution in [-0.2, 0) is 0 Å². The second-order valence-electron chi connectivity index (χ2n) is 8.19. The molecule has 124 valence electrons. The fourth-order valence-corrected chi connectivity index (χ4v) is 5.92. The summed E-state index contributed by atoms with van der Waals surface area (Å²) in [5, 5.41) is 6.13. The molecule has 0 heterocycles. The highest BCUT2D eigenvalue weighted by Gasteiger charge is 2.50. The Morgan fingerprint density at radius 1 is 1.17 bits per heavy atom. The van der Waals surface area contributed by atoms with Gasteiger partial charge in [-0.1, -0.05) is 15.9 Å². The molecular weight excluding hydrogens is 352 g/mol. The zero-order valence-electron chi connectivity index (χ0n) is 13.7. The van der Waals surface area contributed by atoms with E-state index >= 15 is 0 Å². The number of anilines is 1. The molecule has 5 rings (SSSR count). The zero-order valence-corrected chi connectivity index (χ0v) is 15.3. The molecule has 0 aliphatic heterocycles. The monoisotopic (exact) mass is 376 g/mol. The van der Waals surface area contributed by atoms with E-state index in [4.69, 9.17) is 0 Å². The Hall–Kier alpha value is -1.03. The summed E-state index contributed by atoms with van der Waals surface area (Å²) < 4.78 is 1.07. The van der Waals surface area contributed by atoms with E-state index in [-0.39, 0.29) is 6.03 Å². The third-order valence-corrected chi connectivity index (χ3v) is 7.09. The Balaban J connectivity index is 1.35. The largest absolute Gasteiger partial charge is 0.337 e. The van der Waals surface area contributed by atoms with Gasteiger partial charge in [0.05, 0.1) is 0 Å². The molecule has 2 N–H and O–H groups in total. The average Bonchev–Trinajstić information content (AvgIpc) is 2.48. The van der Waals surface area contributed by atoms with Crippen LogP contribution in [0.5, 0.6) is 0 Å². The van der Waals surface area contributed by atoms with Crippen molar-refractivity contribution in [2.45, 2.75) is 45.4 Å². The number of hydrogen-bond acceptors (Lipinski definition) is 1. The summed E-state index contributed by atoms with van der Waals surface area (Å²) in [6, 6.07) is 5.84. The van der Waals surface area contributed by atoms with E-state index in [0.29, 0.717) is 5.41 Å². The fourth-order valence-electron chi connectivity index (χ4n) is 5.67. The van der Waals surface area contributed by atoms with Crippen molar-refractivity contribution in [1.29, 1.82) is 0 Å². The number of halogens is 1. The molecule has 3 nitrogen and oxygen atoms in total. The molecule has 4 aliphatic carbocycles. The van der Waals surface area contributed by atoms with Crippen LogP contribution >= 0.6 is 15.9 Å². The topological polar surface area (TPSA) is 41.1 Å². The standard InChI is InChI=1S/C19H25BrN2O/c1-12-4-16(2-3-17(12)20)22-18(23)21-11-19-8-13-5-14(9-19)7-15(6-13)10-19/h2-4,13-15H,5-11H2,1H3,(H2,21,22,23). The van der Waals surface area contributed by atoms with Gasteiger partial charge in [0.1, 0.15) is 0 Å². The van der Waals surface area contributed by atoms with Gasteiger partial charge in [0, 0.05) is 16.7 Å². The third-order valence-electron chi connectivity index (χ3n) is 6.20. The second-order valence-corrected chi connectivity index (χ2v) is 9.04. The van der Waals surface area contributed by atoms with Gasteiger partial charge in [0.15, 0.2) is 0 Å². The summed E-state index contributed by atoms with van der Waals surface area (Å²) in [5.74, 6) is 2.79. The van der Waals surface area contributed by atoms with Gasteiger partial charge >= 0.3 is 6.03 Å². The number of amides is 2. The molecule has 0 spiro atoms. The zero-order chi connectivity index (χ0) is 16.0. The van der Waals surface area contributed by atoms with Gasteiger partial charge in [-0.25, -0.2) is 4.79 Å². The van der Waals surface area contributed by atoms with Crippen molar-refractivity contribution in [1.82, 2.24) is 5.32 Å². The minimum atomic E-state index is -0.0672. The number of benzene rings is 1. The van der Waals surface area contributed by atoms with Gasteiger partial charge in [0.2, 0.25) is 0 Å². The molecule has 23 heavy (non-hydrogen) atoms. The lowest BCUT2D eigenvalue weighted by atomic mass is 9.49. The summed E-state index contributed by atoms with van der Waals surface area (Å²) in [6.45, 7) is 2.88. The normalized spacial score (nSPS) is 34.4. The van der Waals surface area contributed by atoms with E-state index in [2.05, 4.69) is 26.6 Å². The van der Waals surface area contributed by atoms with Crippen LogP contribution in [0, 0.1) is 30.1 Å². The number of urea groups is 1. The average molecular weight is 377 g/mol. The Morgan fingerprint density at radius 3 is 2.35 bits per heavy atom. The molecule has 0 unspecified atom stereocenters. The predicted octanol–water partition coefficient (Wildman–Crippen LogP) is 5.10. The minimum absolute atomic E-state index is 0.0672. The van der Waals surface area contributed by atoms with Crippen LogP contribution in [0.15, 0.2) is 22.7 Å². The maximum absolute atomic E-state index is 12.3. The first kappa shape index (κ1) is 15.5. The van der Waals surface area contributed by atoms with Crippen molar-refractivity contribution in [3.63, 3.8) is 0 Å². The minimum Gasteiger partial charge on any atom is -0.337 e. The van der Waals surface area contributed by atoms with E-state index in [1.54, 1.807) is 0 Å². The molecule has 4 aliphatic rings. The molecule has 4 bridgehead atoms. The molecule has 4 fully saturated rings. The number of rotatable bonds is 3. The molecule has 0 atom stereocenters. The van der Waals surface area contributed by atoms with Crippen LogP contribution in [0.2, 0.25) is 0 Å². The van der Waals surface area contributed by atoms with E-state index in [0.717, 1.165) is 40.0 Å². The lowest BCUT2D eigenvalue weighted by Gasteiger charge is -2.56. The van der Waals surface area contributed by atoms with Crippen LogP contribution in [0.3, 0.4) is 0 Å². The highest BCUT2D eigenvalue weighted by Crippen LogP contribution is 2.59. The van der Waals surface area contributed by atoms with Gasteiger partial charge in [0.25, 0.3) is 0 Å². The molecule has 0 radical (unpaired) electrons. The summed E-state index contributed by atoms with van der Waals surface area (Å²) in [5.41, 5.74) is 2.37. The predicted molar refractivity (Wildman–Crippen MR) is 96.5 cm³/mol. The maximum atomic E-state index is 12.3. The van der Waals surface area contributed by atoms with Crippen molar-refractivity contribution >= 4 is 27.6 Å². The second kappa shape index (κ2) is 5.80. The molecule has 0 aromatic heterocycles. The SMILES string of the molecule is Cc1cc(NC(=O)NCC23CC4CC(CC(C4)C2)C3)ccc1Br. The van der Waals surface area contributed by atoms with Gasteiger partial charge < -0.3 is 10.6 Å². The van der Waals surface area contributed by atoms with Crippen LogP contribution in [-0.4, -0.2) is 12.6 Å². The summed E-state index contributed by atoms with van der Waals surface area (Å²) >= 11 is 3.49. The highest BCUT2D eigenvalue weighted by atomic mass is 79.9. The van der Waals surface area contributed by atoms with Crippen LogP contribution in [0.4, 0.5) is 10.5 Å². The Labute approximate surface area is 146 Å². The molecule has 1 aromatic carbocycles. The number of carbonyl (C=O) groups excluding carboxylic acids is 1. The van der Waals surface area contributed by atoms with E-state index in [1.165, 1.54) is 38.5 Å². The highest BCUT2D eigenvalue weighted by molar-refractivity contribution is 9.10. The molecule has 2 amide bonds. The van der Waals surface area contributed by atoms with E-state index < -0.39 is 0 Å². The molecule has 0 saturated heterocycles. The number of hydrogen-bond donors (Lipinski definition) is 2. The maximum Gasteiger partial charge on any atom is 0.319 e. The Kier molecular flexibility index (Phi) is 3.91. The Bertz CT molecular complexity index is 593. The lowest BCUT2D eigenvalue weighted by molar-refractivity contribution is -0.0496. The quantitative estimate of drug-likeness (QED) is 0.757. The van der Waals surface area contributed by atoms with E-state index in [9.17, 15) is 4.79 Å². The van der Waals surface area contributed by atoms with Gasteiger partial charge in [-0.05, 0) is 92.4 Å². The Morgan fingerprint density at radius 2 is 1.78 bits per heavy atom. The summed E-state index contributed by atoms with van der Waals surface area (Å²) in [4.78, 5) is 12.3. The van der Waals surface area contributed by atoms with Crippen molar-refractivity contribution < 1.29 is 4.79 Å². The van der Waals surface area contributed by atoms with Crippen molar-refractivity contribution in [2.24, 2.45) is 23.2 Å². The van der Waals surface area contributed by atoms with Crippen LogP contribution in [0.1, 0.15) is 44.1 Å². The molecule has 1 aromatic rings. The lowest BCUT2D eigenvalue weighted by Crippen LogP contribution is -2.51. The number of nitrogens with one attached hydrogen (secondary N) is 2. The summed E-state index contributed by atoms with van der Waals surface area (Å²) in [7, 11) is 0. The van der Waals surface area contributed by atoms with Gasteiger partial charge in [-0.2, -0.15) is 0 Å². The fraction of sp³-hybridized carbons (Fsp3) is 0.632. The molecular formula is C19H25BrN2O. The van der Waals surface area contributed by atoms with Crippen LogP contribution < -0.4 is 10.6 Å². The third kappa shape index (κ3) is 3.15. The van der Waals surface area contributed by atoms with Crippen molar-refractivity contribution in [3.05, 3.63) is 28.2 Å².